The Morgan fingerprint density at radius 1 is 1.32 bits per heavy atom. The van der Waals surface area contributed by atoms with Gasteiger partial charge in [0.25, 0.3) is 0 Å². The van der Waals surface area contributed by atoms with Crippen molar-refractivity contribution in [2.45, 2.75) is 33.2 Å². The SMILES string of the molecule is CCN(CC)CCOc1c(F)cccc1CC(C)N. The molecule has 0 amide bonds. The van der Waals surface area contributed by atoms with Gasteiger partial charge in [0, 0.05) is 12.6 Å². The van der Waals surface area contributed by atoms with Crippen LogP contribution in [-0.4, -0.2) is 37.2 Å². The van der Waals surface area contributed by atoms with Gasteiger partial charge in [-0.2, -0.15) is 0 Å². The molecule has 1 atom stereocenters. The molecule has 1 aromatic carbocycles. The van der Waals surface area contributed by atoms with Gasteiger partial charge >= 0.3 is 0 Å². The van der Waals surface area contributed by atoms with Gasteiger partial charge in [-0.25, -0.2) is 4.39 Å². The van der Waals surface area contributed by atoms with Crippen LogP contribution in [0.4, 0.5) is 4.39 Å². The first-order chi connectivity index (χ1) is 9.08. The van der Waals surface area contributed by atoms with Gasteiger partial charge in [0.05, 0.1) is 0 Å². The van der Waals surface area contributed by atoms with Gasteiger partial charge in [-0.1, -0.05) is 26.0 Å². The molecular weight excluding hydrogens is 243 g/mol. The van der Waals surface area contributed by atoms with E-state index in [4.69, 9.17) is 10.5 Å². The van der Waals surface area contributed by atoms with E-state index in [9.17, 15) is 4.39 Å². The summed E-state index contributed by atoms with van der Waals surface area (Å²) in [6, 6.07) is 4.99. The molecule has 1 unspecified atom stereocenters. The van der Waals surface area contributed by atoms with Crippen molar-refractivity contribution in [2.24, 2.45) is 5.73 Å². The minimum absolute atomic E-state index is 0.00747. The summed E-state index contributed by atoms with van der Waals surface area (Å²) in [5, 5.41) is 0. The topological polar surface area (TPSA) is 38.5 Å². The molecule has 19 heavy (non-hydrogen) atoms. The second kappa shape index (κ2) is 8.12. The summed E-state index contributed by atoms with van der Waals surface area (Å²) in [5.41, 5.74) is 6.62. The van der Waals surface area contributed by atoms with Gasteiger partial charge in [0.15, 0.2) is 11.6 Å². The Labute approximate surface area is 115 Å². The molecule has 0 saturated carbocycles. The second-order valence-corrected chi connectivity index (χ2v) is 4.78. The van der Waals surface area contributed by atoms with Crippen molar-refractivity contribution in [3.63, 3.8) is 0 Å². The van der Waals surface area contributed by atoms with Crippen LogP contribution in [0, 0.1) is 5.82 Å². The standard InChI is InChI=1S/C15H25FN2O/c1-4-18(5-2)9-10-19-15-13(11-12(3)17)7-6-8-14(15)16/h6-8,12H,4-5,9-11,17H2,1-3H3. The first kappa shape index (κ1) is 15.9. The van der Waals surface area contributed by atoms with E-state index in [-0.39, 0.29) is 11.9 Å². The monoisotopic (exact) mass is 268 g/mol. The molecule has 1 aromatic rings. The number of benzene rings is 1. The molecule has 108 valence electrons. The van der Waals surface area contributed by atoms with Crippen molar-refractivity contribution in [2.75, 3.05) is 26.2 Å². The molecule has 3 nitrogen and oxygen atoms in total. The van der Waals surface area contributed by atoms with E-state index >= 15 is 0 Å². The molecule has 0 radical (unpaired) electrons. The summed E-state index contributed by atoms with van der Waals surface area (Å²) in [6.07, 6.45) is 0.623. The average molecular weight is 268 g/mol. The zero-order valence-electron chi connectivity index (χ0n) is 12.2. The zero-order chi connectivity index (χ0) is 14.3. The molecule has 0 aliphatic carbocycles. The molecule has 0 aliphatic heterocycles. The maximum atomic E-state index is 13.8. The zero-order valence-corrected chi connectivity index (χ0v) is 12.2. The van der Waals surface area contributed by atoms with Crippen molar-refractivity contribution < 1.29 is 9.13 Å². The molecule has 1 rings (SSSR count). The summed E-state index contributed by atoms with van der Waals surface area (Å²) in [4.78, 5) is 2.24. The Balaban J connectivity index is 2.65. The lowest BCUT2D eigenvalue weighted by molar-refractivity contribution is 0.216. The predicted molar refractivity (Wildman–Crippen MR) is 77.0 cm³/mol. The van der Waals surface area contributed by atoms with Crippen molar-refractivity contribution in [3.8, 4) is 5.75 Å². The minimum Gasteiger partial charge on any atom is -0.489 e. The number of para-hydroxylation sites is 1. The van der Waals surface area contributed by atoms with Crippen LogP contribution in [0.5, 0.6) is 5.75 Å². The minimum atomic E-state index is -0.308. The van der Waals surface area contributed by atoms with E-state index in [1.165, 1.54) is 6.07 Å². The van der Waals surface area contributed by atoms with E-state index in [2.05, 4.69) is 18.7 Å². The second-order valence-electron chi connectivity index (χ2n) is 4.78. The van der Waals surface area contributed by atoms with E-state index in [1.807, 2.05) is 13.0 Å². The van der Waals surface area contributed by atoms with Crippen LogP contribution >= 0.6 is 0 Å². The molecule has 0 fully saturated rings. The summed E-state index contributed by atoms with van der Waals surface area (Å²) < 4.78 is 19.4. The van der Waals surface area contributed by atoms with Crippen LogP contribution in [0.2, 0.25) is 0 Å². The van der Waals surface area contributed by atoms with Crippen LogP contribution in [0.15, 0.2) is 18.2 Å². The Kier molecular flexibility index (Phi) is 6.81. The van der Waals surface area contributed by atoms with Crippen molar-refractivity contribution in [3.05, 3.63) is 29.6 Å². The number of hydrogen-bond donors (Lipinski definition) is 1. The third-order valence-electron chi connectivity index (χ3n) is 3.14. The molecular formula is C15H25FN2O. The van der Waals surface area contributed by atoms with E-state index in [0.717, 1.165) is 25.2 Å². The first-order valence-corrected chi connectivity index (χ1v) is 6.96. The van der Waals surface area contributed by atoms with Gasteiger partial charge in [-0.05, 0) is 38.1 Å². The summed E-state index contributed by atoms with van der Waals surface area (Å²) in [7, 11) is 0. The third-order valence-corrected chi connectivity index (χ3v) is 3.14. The normalized spacial score (nSPS) is 12.7. The maximum Gasteiger partial charge on any atom is 0.165 e. The third kappa shape index (κ3) is 5.17. The van der Waals surface area contributed by atoms with E-state index in [1.54, 1.807) is 6.07 Å². The molecule has 0 saturated heterocycles. The van der Waals surface area contributed by atoms with Crippen LogP contribution in [0.1, 0.15) is 26.3 Å². The number of nitrogens with two attached hydrogens (primary N) is 1. The largest absolute Gasteiger partial charge is 0.489 e. The highest BCUT2D eigenvalue weighted by Gasteiger charge is 2.11. The first-order valence-electron chi connectivity index (χ1n) is 6.96. The number of nitrogens with zero attached hydrogens (tertiary/aromatic N) is 1. The smallest absolute Gasteiger partial charge is 0.165 e. The molecule has 0 bridgehead atoms. The molecule has 2 N–H and O–H groups in total. The van der Waals surface area contributed by atoms with Gasteiger partial charge < -0.3 is 15.4 Å². The van der Waals surface area contributed by atoms with Crippen molar-refractivity contribution in [1.82, 2.24) is 4.90 Å². The van der Waals surface area contributed by atoms with E-state index in [0.29, 0.717) is 18.8 Å². The van der Waals surface area contributed by atoms with Gasteiger partial charge in [-0.15, -0.1) is 0 Å². The molecule has 0 aromatic heterocycles. The highest BCUT2D eigenvalue weighted by Crippen LogP contribution is 2.23. The summed E-state index contributed by atoms with van der Waals surface area (Å²) >= 11 is 0. The molecule has 0 heterocycles. The lowest BCUT2D eigenvalue weighted by Crippen LogP contribution is -2.28. The number of rotatable bonds is 8. The maximum absolute atomic E-state index is 13.8. The predicted octanol–water partition coefficient (Wildman–Crippen LogP) is 2.44. The van der Waals surface area contributed by atoms with Crippen molar-refractivity contribution in [1.29, 1.82) is 0 Å². The summed E-state index contributed by atoms with van der Waals surface area (Å²) in [6.45, 7) is 9.37. The lowest BCUT2D eigenvalue weighted by atomic mass is 10.1. The van der Waals surface area contributed by atoms with Gasteiger partial charge in [0.1, 0.15) is 6.61 Å². The highest BCUT2D eigenvalue weighted by molar-refractivity contribution is 5.35. The van der Waals surface area contributed by atoms with Crippen LogP contribution < -0.4 is 10.5 Å². The number of likely N-dealkylation sites (N-methyl/N-ethyl adjacent to an activating group) is 1. The Hall–Kier alpha value is -1.13. The fourth-order valence-electron chi connectivity index (χ4n) is 2.04. The molecule has 0 spiro atoms. The Morgan fingerprint density at radius 2 is 2.00 bits per heavy atom. The number of ether oxygens (including phenoxy) is 1. The Morgan fingerprint density at radius 3 is 2.58 bits per heavy atom. The number of halogens is 1. The van der Waals surface area contributed by atoms with Crippen LogP contribution in [0.25, 0.3) is 0 Å². The highest BCUT2D eigenvalue weighted by atomic mass is 19.1. The lowest BCUT2D eigenvalue weighted by Gasteiger charge is -2.19. The number of hydrogen-bond acceptors (Lipinski definition) is 3. The van der Waals surface area contributed by atoms with E-state index < -0.39 is 0 Å². The van der Waals surface area contributed by atoms with Crippen LogP contribution in [-0.2, 0) is 6.42 Å². The van der Waals surface area contributed by atoms with Crippen molar-refractivity contribution >= 4 is 0 Å². The molecule has 0 aliphatic rings. The average Bonchev–Trinajstić information content (AvgIpc) is 2.37. The van der Waals surface area contributed by atoms with Gasteiger partial charge in [-0.3, -0.25) is 0 Å². The summed E-state index contributed by atoms with van der Waals surface area (Å²) in [5.74, 6) is 0.0460. The van der Waals surface area contributed by atoms with Crippen LogP contribution in [0.3, 0.4) is 0 Å². The fraction of sp³-hybridized carbons (Fsp3) is 0.600. The fourth-order valence-corrected chi connectivity index (χ4v) is 2.04. The molecule has 4 heteroatoms. The quantitative estimate of drug-likeness (QED) is 0.787. The van der Waals surface area contributed by atoms with Gasteiger partial charge in [0.2, 0.25) is 0 Å². The Bertz CT molecular complexity index is 378.